The molecule has 0 saturated carbocycles. The molecule has 61 heavy (non-hydrogen) atoms. The van der Waals surface area contributed by atoms with E-state index in [-0.39, 0.29) is 0 Å². The molecule has 0 aliphatic heterocycles. The van der Waals surface area contributed by atoms with Gasteiger partial charge in [0.15, 0.2) is 17.5 Å². The molecule has 0 unspecified atom stereocenters. The van der Waals surface area contributed by atoms with E-state index in [9.17, 15) is 0 Å². The lowest BCUT2D eigenvalue weighted by Gasteiger charge is -2.15. The van der Waals surface area contributed by atoms with Gasteiger partial charge < -0.3 is 13.4 Å². The maximum absolute atomic E-state index is 6.78. The smallest absolute Gasteiger partial charge is 0.164 e. The van der Waals surface area contributed by atoms with Gasteiger partial charge in [-0.3, -0.25) is 0 Å². The van der Waals surface area contributed by atoms with Crippen molar-refractivity contribution in [3.05, 3.63) is 182 Å². The SMILES string of the molecule is c1ccc(-c2nc(-c3cccc4oc5ccccc5c34)nc(-c3cc(-n4c5cccc6c5c5c7c(cccc7ccc54)-c4ccccc4-6)cc4oc5ccccc5c34)n2)cc1. The number of benzene rings is 9. The average molecular weight is 779 g/mol. The number of nitrogens with zero attached hydrogens (tertiary/aromatic N) is 4. The maximum Gasteiger partial charge on any atom is 0.164 e. The van der Waals surface area contributed by atoms with Crippen LogP contribution >= 0.6 is 0 Å². The number of hydrogen-bond donors (Lipinski definition) is 0. The number of aromatic nitrogens is 4. The summed E-state index contributed by atoms with van der Waals surface area (Å²) in [6.07, 6.45) is 0. The molecule has 0 saturated heterocycles. The van der Waals surface area contributed by atoms with Crippen molar-refractivity contribution in [3.8, 4) is 62.1 Å². The normalized spacial score (nSPS) is 12.3. The molecule has 0 amide bonds. The summed E-state index contributed by atoms with van der Waals surface area (Å²) in [5.74, 6) is 1.70. The second kappa shape index (κ2) is 12.1. The van der Waals surface area contributed by atoms with Gasteiger partial charge in [-0.15, -0.1) is 0 Å². The Labute approximate surface area is 347 Å². The quantitative estimate of drug-likeness (QED) is 0.178. The molecule has 9 aromatic carbocycles. The van der Waals surface area contributed by atoms with E-state index in [1.807, 2.05) is 72.8 Å². The summed E-state index contributed by atoms with van der Waals surface area (Å²) >= 11 is 0. The zero-order chi connectivity index (χ0) is 39.8. The molecule has 0 bridgehead atoms. The molecule has 282 valence electrons. The molecule has 0 spiro atoms. The predicted molar refractivity (Wildman–Crippen MR) is 247 cm³/mol. The molecule has 6 nitrogen and oxygen atoms in total. The zero-order valence-corrected chi connectivity index (χ0v) is 32.4. The second-order valence-corrected chi connectivity index (χ2v) is 15.9. The number of para-hydroxylation sites is 2. The Morgan fingerprint density at radius 1 is 0.328 bits per heavy atom. The van der Waals surface area contributed by atoms with Crippen molar-refractivity contribution in [1.82, 2.24) is 19.5 Å². The molecular weight excluding hydrogens is 749 g/mol. The van der Waals surface area contributed by atoms with E-state index in [1.165, 1.54) is 43.8 Å². The highest BCUT2D eigenvalue weighted by atomic mass is 16.3. The van der Waals surface area contributed by atoms with Gasteiger partial charge in [-0.1, -0.05) is 140 Å². The lowest BCUT2D eigenvalue weighted by atomic mass is 9.93. The first-order valence-electron chi connectivity index (χ1n) is 20.5. The van der Waals surface area contributed by atoms with Crippen LogP contribution in [0, 0.1) is 0 Å². The number of rotatable bonds is 4. The monoisotopic (exact) mass is 778 g/mol. The standard InChI is InChI=1S/C55H30N4O2/c1-2-13-32(14-3-1)53-56-54(40-22-12-26-46-49(40)38-18-6-8-24-44(38)60-46)58-55(57-53)41-29-33(30-47-50(41)39-19-7-9-25-45(39)61-47)59-42-23-11-21-37-35-17-5-4-16-34(35)36-20-10-15-31-27-28-43(59)52(48(31)36)51(37)42/h1-30H. The van der Waals surface area contributed by atoms with Gasteiger partial charge in [0.05, 0.1) is 16.7 Å². The summed E-state index contributed by atoms with van der Waals surface area (Å²) in [7, 11) is 0. The third kappa shape index (κ3) is 4.53. The fraction of sp³-hybridized carbons (Fsp3) is 0. The molecule has 1 aliphatic rings. The largest absolute Gasteiger partial charge is 0.456 e. The van der Waals surface area contributed by atoms with Gasteiger partial charge in [-0.05, 0) is 69.4 Å². The van der Waals surface area contributed by atoms with Gasteiger partial charge >= 0.3 is 0 Å². The highest BCUT2D eigenvalue weighted by molar-refractivity contribution is 6.30. The van der Waals surface area contributed by atoms with Crippen LogP contribution in [0.15, 0.2) is 191 Å². The van der Waals surface area contributed by atoms with E-state index in [0.717, 1.165) is 77.3 Å². The van der Waals surface area contributed by atoms with Gasteiger partial charge in [0.2, 0.25) is 0 Å². The highest BCUT2D eigenvalue weighted by Crippen LogP contribution is 2.50. The van der Waals surface area contributed by atoms with E-state index < -0.39 is 0 Å². The third-order valence-electron chi connectivity index (χ3n) is 12.6. The minimum absolute atomic E-state index is 0.552. The molecule has 4 aromatic heterocycles. The number of furan rings is 2. The van der Waals surface area contributed by atoms with E-state index >= 15 is 0 Å². The summed E-state index contributed by atoms with van der Waals surface area (Å²) in [5, 5.41) is 8.90. The van der Waals surface area contributed by atoms with Crippen LogP contribution in [0.5, 0.6) is 0 Å². The van der Waals surface area contributed by atoms with Crippen LogP contribution < -0.4 is 0 Å². The number of fused-ring (bicyclic) bond motifs is 9. The van der Waals surface area contributed by atoms with E-state index in [2.05, 4.69) is 114 Å². The van der Waals surface area contributed by atoms with E-state index in [1.54, 1.807) is 0 Å². The van der Waals surface area contributed by atoms with Crippen molar-refractivity contribution in [2.45, 2.75) is 0 Å². The lowest BCUT2D eigenvalue weighted by molar-refractivity contribution is 0.668. The van der Waals surface area contributed by atoms with Gasteiger partial charge in [0, 0.05) is 55.1 Å². The molecule has 4 heterocycles. The molecular formula is C55H30N4O2. The van der Waals surface area contributed by atoms with E-state index in [4.69, 9.17) is 23.8 Å². The summed E-state index contributed by atoms with van der Waals surface area (Å²) in [6, 6.07) is 63.7. The Morgan fingerprint density at radius 2 is 0.885 bits per heavy atom. The van der Waals surface area contributed by atoms with Crippen LogP contribution in [0.25, 0.3) is 139 Å². The van der Waals surface area contributed by atoms with Gasteiger partial charge in [-0.25, -0.2) is 15.0 Å². The summed E-state index contributed by atoms with van der Waals surface area (Å²) in [6.45, 7) is 0. The van der Waals surface area contributed by atoms with E-state index in [0.29, 0.717) is 17.5 Å². The van der Waals surface area contributed by atoms with Crippen LogP contribution in [0.4, 0.5) is 0 Å². The molecule has 13 aromatic rings. The molecule has 0 fully saturated rings. The van der Waals surface area contributed by atoms with Crippen molar-refractivity contribution in [2.24, 2.45) is 0 Å². The topological polar surface area (TPSA) is 69.9 Å². The average Bonchev–Trinajstić information content (AvgIpc) is 3.98. The summed E-state index contributed by atoms with van der Waals surface area (Å²) in [5.41, 5.74) is 13.9. The first-order valence-corrected chi connectivity index (χ1v) is 20.5. The third-order valence-corrected chi connectivity index (χ3v) is 12.6. The first kappa shape index (κ1) is 32.6. The van der Waals surface area contributed by atoms with Crippen LogP contribution in [0.2, 0.25) is 0 Å². The van der Waals surface area contributed by atoms with Crippen LogP contribution in [0.1, 0.15) is 0 Å². The molecule has 0 atom stereocenters. The van der Waals surface area contributed by atoms with Crippen LogP contribution in [-0.2, 0) is 0 Å². The van der Waals surface area contributed by atoms with Crippen molar-refractivity contribution >= 4 is 76.5 Å². The summed E-state index contributed by atoms with van der Waals surface area (Å²) in [4.78, 5) is 15.9. The van der Waals surface area contributed by atoms with Gasteiger partial charge in [-0.2, -0.15) is 0 Å². The second-order valence-electron chi connectivity index (χ2n) is 15.9. The first-order chi connectivity index (χ1) is 30.2. The molecule has 1 aliphatic carbocycles. The highest BCUT2D eigenvalue weighted by Gasteiger charge is 2.27. The van der Waals surface area contributed by atoms with Crippen molar-refractivity contribution in [3.63, 3.8) is 0 Å². The van der Waals surface area contributed by atoms with Crippen molar-refractivity contribution in [1.29, 1.82) is 0 Å². The Hall–Kier alpha value is -8.35. The van der Waals surface area contributed by atoms with Crippen molar-refractivity contribution in [2.75, 3.05) is 0 Å². The van der Waals surface area contributed by atoms with Crippen LogP contribution in [0.3, 0.4) is 0 Å². The van der Waals surface area contributed by atoms with Gasteiger partial charge in [0.1, 0.15) is 22.3 Å². The van der Waals surface area contributed by atoms with Crippen LogP contribution in [-0.4, -0.2) is 19.5 Å². The fourth-order valence-corrected chi connectivity index (χ4v) is 10.0. The Morgan fingerprint density at radius 3 is 1.67 bits per heavy atom. The molecule has 14 rings (SSSR count). The minimum Gasteiger partial charge on any atom is -0.456 e. The van der Waals surface area contributed by atoms with Crippen molar-refractivity contribution < 1.29 is 8.83 Å². The minimum atomic E-state index is 0.552. The molecule has 0 N–H and O–H groups in total. The Balaban J connectivity index is 1.11. The fourth-order valence-electron chi connectivity index (χ4n) is 10.0. The number of hydrogen-bond acceptors (Lipinski definition) is 5. The molecule has 6 heteroatoms. The maximum atomic E-state index is 6.78. The summed E-state index contributed by atoms with van der Waals surface area (Å²) < 4.78 is 15.5. The van der Waals surface area contributed by atoms with Gasteiger partial charge in [0.25, 0.3) is 0 Å². The molecule has 0 radical (unpaired) electrons. The lowest BCUT2D eigenvalue weighted by Crippen LogP contribution is -2.02. The predicted octanol–water partition coefficient (Wildman–Crippen LogP) is 14.6. The zero-order valence-electron chi connectivity index (χ0n) is 32.4. The Bertz CT molecular complexity index is 4010. The Kier molecular flexibility index (Phi) is 6.46.